The van der Waals surface area contributed by atoms with Crippen LogP contribution in [0.15, 0.2) is 63.8 Å². The summed E-state index contributed by atoms with van der Waals surface area (Å²) >= 11 is 0. The van der Waals surface area contributed by atoms with Crippen molar-refractivity contribution in [3.8, 4) is 22.6 Å². The monoisotopic (exact) mass is 317 g/mol. The molecule has 4 nitrogen and oxygen atoms in total. The average molecular weight is 317 g/mol. The van der Waals surface area contributed by atoms with Gasteiger partial charge in [-0.3, -0.25) is 4.79 Å². The van der Waals surface area contributed by atoms with Gasteiger partial charge in [0.25, 0.3) is 0 Å². The number of benzene rings is 1. The summed E-state index contributed by atoms with van der Waals surface area (Å²) in [5, 5.41) is 0. The SMILES string of the molecule is Cc1oc(-c2ccccc2)nc1Cc1cc2coccc-2c1C=O. The first-order valence-electron chi connectivity index (χ1n) is 7.71. The highest BCUT2D eigenvalue weighted by Crippen LogP contribution is 2.32. The Bertz CT molecular complexity index is 966. The number of hydrogen-bond acceptors (Lipinski definition) is 4. The standard InChI is InChI=1S/C20H15NO3/c1-13-19(21-20(24-13)14-5-3-2-4-6-14)10-15-9-16-12-23-8-7-17(16)18(15)11-22/h2-9,11-12H,10H2,1H3. The summed E-state index contributed by atoms with van der Waals surface area (Å²) in [5.74, 6) is 1.36. The fraction of sp³-hybridized carbons (Fsp3) is 0.100. The molecule has 0 N–H and O–H groups in total. The molecular weight excluding hydrogens is 302 g/mol. The highest BCUT2D eigenvalue weighted by atomic mass is 16.4. The number of rotatable bonds is 4. The van der Waals surface area contributed by atoms with E-state index in [1.54, 1.807) is 12.5 Å². The molecule has 1 aromatic heterocycles. The van der Waals surface area contributed by atoms with Crippen molar-refractivity contribution < 1.29 is 13.6 Å². The van der Waals surface area contributed by atoms with Crippen LogP contribution >= 0.6 is 0 Å². The largest absolute Gasteiger partial charge is 0.472 e. The Kier molecular flexibility index (Phi) is 3.50. The van der Waals surface area contributed by atoms with Gasteiger partial charge in [-0.25, -0.2) is 4.98 Å². The smallest absolute Gasteiger partial charge is 0.226 e. The number of carbonyl (C=O) groups is 1. The molecule has 2 aliphatic rings. The third-order valence-electron chi connectivity index (χ3n) is 4.17. The maximum absolute atomic E-state index is 11.5. The summed E-state index contributed by atoms with van der Waals surface area (Å²) in [7, 11) is 0. The Morgan fingerprint density at radius 2 is 1.96 bits per heavy atom. The number of aromatic nitrogens is 1. The van der Waals surface area contributed by atoms with Crippen LogP contribution in [0.1, 0.15) is 27.4 Å². The molecule has 1 aromatic carbocycles. The van der Waals surface area contributed by atoms with Gasteiger partial charge in [0.2, 0.25) is 5.89 Å². The highest BCUT2D eigenvalue weighted by Gasteiger charge is 2.19. The van der Waals surface area contributed by atoms with Crippen molar-refractivity contribution in [1.29, 1.82) is 0 Å². The zero-order valence-corrected chi connectivity index (χ0v) is 13.2. The van der Waals surface area contributed by atoms with Gasteiger partial charge in [0.15, 0.2) is 6.29 Å². The lowest BCUT2D eigenvalue weighted by atomic mass is 10.1. The molecule has 4 rings (SSSR count). The van der Waals surface area contributed by atoms with E-state index in [4.69, 9.17) is 8.83 Å². The zero-order chi connectivity index (χ0) is 16.5. The lowest BCUT2D eigenvalue weighted by Crippen LogP contribution is -1.93. The number of nitrogens with zero attached hydrogens (tertiary/aromatic N) is 1. The molecule has 0 atom stereocenters. The van der Waals surface area contributed by atoms with Crippen LogP contribution in [-0.4, -0.2) is 11.3 Å². The molecule has 1 aliphatic carbocycles. The van der Waals surface area contributed by atoms with Crippen LogP contribution in [0.3, 0.4) is 0 Å². The van der Waals surface area contributed by atoms with Crippen LogP contribution in [0.25, 0.3) is 22.6 Å². The van der Waals surface area contributed by atoms with E-state index in [0.29, 0.717) is 17.9 Å². The minimum atomic E-state index is 0.547. The molecule has 1 aliphatic heterocycles. The van der Waals surface area contributed by atoms with E-state index in [2.05, 4.69) is 4.98 Å². The van der Waals surface area contributed by atoms with E-state index in [1.165, 1.54) is 0 Å². The lowest BCUT2D eigenvalue weighted by Gasteiger charge is -1.98. The molecule has 2 heterocycles. The van der Waals surface area contributed by atoms with E-state index < -0.39 is 0 Å². The number of carbonyl (C=O) groups excluding carboxylic acids is 1. The zero-order valence-electron chi connectivity index (χ0n) is 13.2. The van der Waals surface area contributed by atoms with Gasteiger partial charge < -0.3 is 8.83 Å². The summed E-state index contributed by atoms with van der Waals surface area (Å²) in [6.07, 6.45) is 4.67. The van der Waals surface area contributed by atoms with Crippen molar-refractivity contribution in [3.05, 3.63) is 77.6 Å². The highest BCUT2D eigenvalue weighted by molar-refractivity contribution is 5.92. The second kappa shape index (κ2) is 5.81. The second-order valence-electron chi connectivity index (χ2n) is 5.69. The van der Waals surface area contributed by atoms with Crippen molar-refractivity contribution in [2.75, 3.05) is 0 Å². The first-order valence-corrected chi connectivity index (χ1v) is 7.71. The first-order chi connectivity index (χ1) is 11.8. The van der Waals surface area contributed by atoms with Crippen molar-refractivity contribution in [3.63, 3.8) is 0 Å². The van der Waals surface area contributed by atoms with Crippen LogP contribution in [0.5, 0.6) is 0 Å². The Morgan fingerprint density at radius 3 is 2.75 bits per heavy atom. The maximum atomic E-state index is 11.5. The molecule has 0 saturated carbocycles. The van der Waals surface area contributed by atoms with Crippen LogP contribution in [0.4, 0.5) is 0 Å². The van der Waals surface area contributed by atoms with Crippen molar-refractivity contribution in [2.45, 2.75) is 13.3 Å². The molecule has 0 spiro atoms. The molecule has 0 amide bonds. The van der Waals surface area contributed by atoms with Crippen molar-refractivity contribution in [2.24, 2.45) is 0 Å². The maximum Gasteiger partial charge on any atom is 0.226 e. The van der Waals surface area contributed by atoms with E-state index in [-0.39, 0.29) is 0 Å². The summed E-state index contributed by atoms with van der Waals surface area (Å²) in [6, 6.07) is 13.6. The van der Waals surface area contributed by atoms with Gasteiger partial charge in [-0.05, 0) is 42.3 Å². The van der Waals surface area contributed by atoms with E-state index >= 15 is 0 Å². The fourth-order valence-corrected chi connectivity index (χ4v) is 2.94. The Hall–Kier alpha value is -3.14. The van der Waals surface area contributed by atoms with Gasteiger partial charge >= 0.3 is 0 Å². The third-order valence-corrected chi connectivity index (χ3v) is 4.17. The molecule has 118 valence electrons. The molecule has 24 heavy (non-hydrogen) atoms. The minimum Gasteiger partial charge on any atom is -0.472 e. The van der Waals surface area contributed by atoms with Gasteiger partial charge in [-0.2, -0.15) is 0 Å². The topological polar surface area (TPSA) is 56.2 Å². The van der Waals surface area contributed by atoms with Gasteiger partial charge in [0.05, 0.1) is 18.2 Å². The van der Waals surface area contributed by atoms with Gasteiger partial charge in [-0.1, -0.05) is 18.2 Å². The average Bonchev–Trinajstić information content (AvgIpc) is 3.16. The summed E-state index contributed by atoms with van der Waals surface area (Å²) in [4.78, 5) is 16.1. The summed E-state index contributed by atoms with van der Waals surface area (Å²) in [5.41, 5.74) is 5.20. The van der Waals surface area contributed by atoms with E-state index in [1.807, 2.05) is 49.4 Å². The third kappa shape index (κ3) is 2.42. The predicted octanol–water partition coefficient (Wildman–Crippen LogP) is 4.75. The Morgan fingerprint density at radius 1 is 1.12 bits per heavy atom. The summed E-state index contributed by atoms with van der Waals surface area (Å²) in [6.45, 7) is 1.90. The number of fused-ring (bicyclic) bond motifs is 1. The lowest BCUT2D eigenvalue weighted by molar-refractivity contribution is 0.112. The molecule has 0 saturated heterocycles. The quantitative estimate of drug-likeness (QED) is 0.510. The van der Waals surface area contributed by atoms with Crippen LogP contribution in [0.2, 0.25) is 0 Å². The van der Waals surface area contributed by atoms with Gasteiger partial charge in [-0.15, -0.1) is 0 Å². The number of oxazole rings is 1. The van der Waals surface area contributed by atoms with Crippen LogP contribution < -0.4 is 0 Å². The predicted molar refractivity (Wildman–Crippen MR) is 90.2 cm³/mol. The van der Waals surface area contributed by atoms with Crippen LogP contribution in [-0.2, 0) is 6.42 Å². The molecule has 0 bridgehead atoms. The molecule has 0 fully saturated rings. The Labute approximate surface area is 139 Å². The molecular formula is C20H15NO3. The Balaban J connectivity index is 1.73. The van der Waals surface area contributed by atoms with Gasteiger partial charge in [0, 0.05) is 23.1 Å². The number of hydrogen-bond donors (Lipinski definition) is 0. The molecule has 0 radical (unpaired) electrons. The number of aryl methyl sites for hydroxylation is 1. The molecule has 0 unspecified atom stereocenters. The van der Waals surface area contributed by atoms with E-state index in [0.717, 1.165) is 40.0 Å². The number of aldehydes is 1. The van der Waals surface area contributed by atoms with E-state index in [9.17, 15) is 4.79 Å². The van der Waals surface area contributed by atoms with Crippen molar-refractivity contribution >= 4 is 6.29 Å². The second-order valence-corrected chi connectivity index (χ2v) is 5.69. The normalized spacial score (nSPS) is 11.0. The summed E-state index contributed by atoms with van der Waals surface area (Å²) < 4.78 is 11.0. The minimum absolute atomic E-state index is 0.547. The van der Waals surface area contributed by atoms with Gasteiger partial charge in [0.1, 0.15) is 5.76 Å². The first kappa shape index (κ1) is 14.5. The van der Waals surface area contributed by atoms with Crippen LogP contribution in [0, 0.1) is 6.92 Å². The molecule has 2 aromatic rings. The molecule has 4 heteroatoms. The van der Waals surface area contributed by atoms with Crippen molar-refractivity contribution in [1.82, 2.24) is 4.98 Å². The fourth-order valence-electron chi connectivity index (χ4n) is 2.94.